The van der Waals surface area contributed by atoms with Crippen LogP contribution in [0, 0.1) is 5.92 Å². The number of esters is 1. The molecule has 1 aliphatic heterocycles. The van der Waals surface area contributed by atoms with Crippen LogP contribution in [0.1, 0.15) is 12.8 Å². The summed E-state index contributed by atoms with van der Waals surface area (Å²) in [6.07, 6.45) is 1.90. The maximum Gasteiger partial charge on any atom is 0.308 e. The van der Waals surface area contributed by atoms with Gasteiger partial charge in [-0.1, -0.05) is 0 Å². The third-order valence-electron chi connectivity index (χ3n) is 2.61. The largest absolute Gasteiger partial charge is 0.469 e. The lowest BCUT2D eigenvalue weighted by atomic mass is 9.79. The number of hydrogen-bond donors (Lipinski definition) is 1. The molecule has 12 heavy (non-hydrogen) atoms. The molecule has 0 amide bonds. The fourth-order valence-corrected chi connectivity index (χ4v) is 3.35. The quantitative estimate of drug-likeness (QED) is 0.610. The van der Waals surface area contributed by atoms with E-state index in [1.54, 1.807) is 0 Å². The van der Waals surface area contributed by atoms with Gasteiger partial charge in [-0.2, -0.15) is 0 Å². The minimum absolute atomic E-state index is 0.0464. The zero-order valence-corrected chi connectivity index (χ0v) is 7.95. The summed E-state index contributed by atoms with van der Waals surface area (Å²) < 4.78 is 4.68. The summed E-state index contributed by atoms with van der Waals surface area (Å²) in [5.41, 5.74) is 0. The van der Waals surface area contributed by atoms with Gasteiger partial charge in [0, 0.05) is 12.3 Å². The zero-order chi connectivity index (χ0) is 8.60. The van der Waals surface area contributed by atoms with Gasteiger partial charge < -0.3 is 10.1 Å². The predicted octanol–water partition coefficient (Wildman–Crippen LogP) is 0.602. The summed E-state index contributed by atoms with van der Waals surface area (Å²) in [5, 5.41) is 3.43. The molecule has 1 spiro atoms. The van der Waals surface area contributed by atoms with E-state index < -0.39 is 0 Å². The Balaban J connectivity index is 1.86. The molecule has 0 aromatic heterocycles. The average Bonchev–Trinajstić information content (AvgIpc) is 2.48. The van der Waals surface area contributed by atoms with Crippen molar-refractivity contribution in [3.8, 4) is 0 Å². The SMILES string of the molecule is COC(=O)C1CC2(C1)NCCS2. The number of methoxy groups -OCH3 is 1. The van der Waals surface area contributed by atoms with E-state index in [9.17, 15) is 4.79 Å². The standard InChI is InChI=1S/C8H13NO2S/c1-11-7(10)6-4-8(5-6)9-2-3-12-8/h6,9H,2-5H2,1H3. The van der Waals surface area contributed by atoms with Gasteiger partial charge in [-0.25, -0.2) is 0 Å². The minimum atomic E-state index is -0.0464. The second-order valence-electron chi connectivity index (χ2n) is 3.40. The molecular weight excluding hydrogens is 174 g/mol. The number of hydrogen-bond acceptors (Lipinski definition) is 4. The van der Waals surface area contributed by atoms with Crippen molar-refractivity contribution >= 4 is 17.7 Å². The second kappa shape index (κ2) is 2.92. The number of carbonyl (C=O) groups is 1. The van der Waals surface area contributed by atoms with E-state index in [1.807, 2.05) is 11.8 Å². The van der Waals surface area contributed by atoms with Crippen molar-refractivity contribution in [1.82, 2.24) is 5.32 Å². The van der Waals surface area contributed by atoms with E-state index in [1.165, 1.54) is 12.9 Å². The average molecular weight is 187 g/mol. The highest BCUT2D eigenvalue weighted by molar-refractivity contribution is 8.00. The maximum absolute atomic E-state index is 11.1. The van der Waals surface area contributed by atoms with Crippen LogP contribution in [0.2, 0.25) is 0 Å². The fraction of sp³-hybridized carbons (Fsp3) is 0.875. The molecule has 1 N–H and O–H groups in total. The molecule has 3 nitrogen and oxygen atoms in total. The Bertz CT molecular complexity index is 193. The summed E-state index contributed by atoms with van der Waals surface area (Å²) in [4.78, 5) is 11.3. The van der Waals surface area contributed by atoms with Crippen LogP contribution in [-0.2, 0) is 9.53 Å². The number of thioether (sulfide) groups is 1. The molecule has 2 aliphatic rings. The van der Waals surface area contributed by atoms with Gasteiger partial charge in [-0.3, -0.25) is 4.79 Å². The molecule has 2 fully saturated rings. The van der Waals surface area contributed by atoms with Crippen LogP contribution in [0.3, 0.4) is 0 Å². The van der Waals surface area contributed by atoms with Gasteiger partial charge in [0.2, 0.25) is 0 Å². The molecule has 0 radical (unpaired) electrons. The Morgan fingerprint density at radius 2 is 2.42 bits per heavy atom. The third kappa shape index (κ3) is 1.23. The van der Waals surface area contributed by atoms with Gasteiger partial charge in [0.1, 0.15) is 0 Å². The Hall–Kier alpha value is -0.220. The highest BCUT2D eigenvalue weighted by Crippen LogP contribution is 2.48. The van der Waals surface area contributed by atoms with E-state index in [4.69, 9.17) is 0 Å². The van der Waals surface area contributed by atoms with Crippen LogP contribution in [-0.4, -0.2) is 30.2 Å². The summed E-state index contributed by atoms with van der Waals surface area (Å²) in [7, 11) is 1.46. The third-order valence-corrected chi connectivity index (χ3v) is 4.05. The van der Waals surface area contributed by atoms with Gasteiger partial charge >= 0.3 is 5.97 Å². The topological polar surface area (TPSA) is 38.3 Å². The number of ether oxygens (including phenoxy) is 1. The molecule has 1 saturated carbocycles. The number of rotatable bonds is 1. The smallest absolute Gasteiger partial charge is 0.308 e. The fourth-order valence-electron chi connectivity index (χ4n) is 1.91. The van der Waals surface area contributed by atoms with Crippen molar-refractivity contribution < 1.29 is 9.53 Å². The van der Waals surface area contributed by atoms with E-state index in [0.29, 0.717) is 0 Å². The van der Waals surface area contributed by atoms with Crippen LogP contribution in [0.5, 0.6) is 0 Å². The normalized spacial score (nSPS) is 39.6. The lowest BCUT2D eigenvalue weighted by Crippen LogP contribution is -2.51. The Labute approximate surface area is 76.2 Å². The van der Waals surface area contributed by atoms with Gasteiger partial charge in [-0.05, 0) is 12.8 Å². The van der Waals surface area contributed by atoms with Crippen LogP contribution < -0.4 is 5.32 Å². The van der Waals surface area contributed by atoms with E-state index >= 15 is 0 Å². The predicted molar refractivity (Wildman–Crippen MR) is 47.9 cm³/mol. The Morgan fingerprint density at radius 1 is 1.67 bits per heavy atom. The lowest BCUT2D eigenvalue weighted by Gasteiger charge is -2.42. The second-order valence-corrected chi connectivity index (χ2v) is 4.88. The summed E-state index contributed by atoms with van der Waals surface area (Å²) in [6.45, 7) is 1.08. The molecule has 2 rings (SSSR count). The van der Waals surface area contributed by atoms with Gasteiger partial charge in [-0.15, -0.1) is 11.8 Å². The van der Waals surface area contributed by atoms with Gasteiger partial charge in [0.15, 0.2) is 0 Å². The van der Waals surface area contributed by atoms with E-state index in [0.717, 1.165) is 19.4 Å². The summed E-state index contributed by atoms with van der Waals surface area (Å²) in [5.74, 6) is 1.27. The first-order valence-corrected chi connectivity index (χ1v) is 5.21. The molecule has 68 valence electrons. The number of nitrogens with one attached hydrogen (secondary N) is 1. The molecule has 1 aliphatic carbocycles. The minimum Gasteiger partial charge on any atom is -0.469 e. The van der Waals surface area contributed by atoms with Crippen LogP contribution in [0.25, 0.3) is 0 Å². The molecule has 4 heteroatoms. The molecule has 1 saturated heterocycles. The van der Waals surface area contributed by atoms with Crippen molar-refractivity contribution in [1.29, 1.82) is 0 Å². The van der Waals surface area contributed by atoms with Gasteiger partial charge in [0.05, 0.1) is 17.9 Å². The summed E-state index contributed by atoms with van der Waals surface area (Å²) >= 11 is 1.94. The molecular formula is C8H13NO2S. The van der Waals surface area contributed by atoms with Crippen molar-refractivity contribution in [3.63, 3.8) is 0 Å². The van der Waals surface area contributed by atoms with E-state index in [2.05, 4.69) is 10.1 Å². The van der Waals surface area contributed by atoms with Crippen LogP contribution >= 0.6 is 11.8 Å². The molecule has 0 aromatic carbocycles. The lowest BCUT2D eigenvalue weighted by molar-refractivity contribution is -0.149. The first kappa shape index (κ1) is 8.38. The van der Waals surface area contributed by atoms with Gasteiger partial charge in [0.25, 0.3) is 0 Å². The summed E-state index contributed by atoms with van der Waals surface area (Å²) in [6, 6.07) is 0. The molecule has 0 unspecified atom stereocenters. The van der Waals surface area contributed by atoms with Crippen LogP contribution in [0.15, 0.2) is 0 Å². The zero-order valence-electron chi connectivity index (χ0n) is 7.13. The number of carbonyl (C=O) groups excluding carboxylic acids is 1. The first-order valence-electron chi connectivity index (χ1n) is 4.23. The molecule has 0 aromatic rings. The van der Waals surface area contributed by atoms with E-state index in [-0.39, 0.29) is 16.8 Å². The van der Waals surface area contributed by atoms with Crippen molar-refractivity contribution in [2.24, 2.45) is 5.92 Å². The Morgan fingerprint density at radius 3 is 2.92 bits per heavy atom. The molecule has 0 bridgehead atoms. The van der Waals surface area contributed by atoms with Crippen molar-refractivity contribution in [2.75, 3.05) is 19.4 Å². The van der Waals surface area contributed by atoms with Crippen LogP contribution in [0.4, 0.5) is 0 Å². The first-order chi connectivity index (χ1) is 5.76. The molecule has 0 atom stereocenters. The highest BCUT2D eigenvalue weighted by atomic mass is 32.2. The van der Waals surface area contributed by atoms with Crippen molar-refractivity contribution in [2.45, 2.75) is 17.7 Å². The highest BCUT2D eigenvalue weighted by Gasteiger charge is 2.49. The Kier molecular flexibility index (Phi) is 2.04. The molecule has 1 heterocycles. The van der Waals surface area contributed by atoms with Crippen molar-refractivity contribution in [3.05, 3.63) is 0 Å². The monoisotopic (exact) mass is 187 g/mol. The maximum atomic E-state index is 11.1.